The van der Waals surface area contributed by atoms with Crippen LogP contribution >= 0.6 is 0 Å². The van der Waals surface area contributed by atoms with Gasteiger partial charge in [0.25, 0.3) is 11.5 Å². The largest absolute Gasteiger partial charge is 0.394 e. The second kappa shape index (κ2) is 10.2. The molecule has 1 heterocycles. The topological polar surface area (TPSA) is 145 Å². The number of hydrogen-bond donors (Lipinski definition) is 5. The third kappa shape index (κ3) is 5.45. The predicted molar refractivity (Wildman–Crippen MR) is 123 cm³/mol. The van der Waals surface area contributed by atoms with Gasteiger partial charge in [-0.15, -0.1) is 0 Å². The van der Waals surface area contributed by atoms with E-state index in [-0.39, 0.29) is 12.2 Å². The number of amides is 1. The van der Waals surface area contributed by atoms with Crippen LogP contribution in [0.3, 0.4) is 0 Å². The van der Waals surface area contributed by atoms with Crippen LogP contribution in [0.1, 0.15) is 32.7 Å². The number of aliphatic hydroxyl groups excluding tert-OH is 4. The Balaban J connectivity index is 2.00. The fraction of sp³-hybridized carbons (Fsp3) is 0.375. The van der Waals surface area contributed by atoms with Gasteiger partial charge in [-0.3, -0.25) is 9.59 Å². The van der Waals surface area contributed by atoms with E-state index in [2.05, 4.69) is 10.3 Å². The zero-order chi connectivity index (χ0) is 24.3. The minimum absolute atomic E-state index is 0.204. The van der Waals surface area contributed by atoms with Gasteiger partial charge >= 0.3 is 0 Å². The minimum Gasteiger partial charge on any atom is -0.394 e. The number of aromatic nitrogens is 2. The molecule has 1 aromatic heterocycles. The van der Waals surface area contributed by atoms with Gasteiger partial charge in [0.1, 0.15) is 18.3 Å². The molecule has 0 aliphatic heterocycles. The molecule has 0 saturated carbocycles. The maximum absolute atomic E-state index is 13.2. The summed E-state index contributed by atoms with van der Waals surface area (Å²) in [5, 5.41) is 41.8. The number of nitrogens with zero attached hydrogens (tertiary/aromatic N) is 2. The Morgan fingerprint density at radius 1 is 1.03 bits per heavy atom. The molecule has 5 N–H and O–H groups in total. The van der Waals surface area contributed by atoms with E-state index in [0.717, 1.165) is 26.8 Å². The molecule has 9 heteroatoms. The SMILES string of the molecule is Cc1ccc(CNC(=O)c2nc3cc(C)c(C)cc3n(C[C@H](O)[C@H](O)[C@H](O)CO)c2=O)cc1. The lowest BCUT2D eigenvalue weighted by Gasteiger charge is -2.23. The minimum atomic E-state index is -1.68. The average molecular weight is 456 g/mol. The third-order valence-electron chi connectivity index (χ3n) is 5.70. The van der Waals surface area contributed by atoms with E-state index < -0.39 is 42.9 Å². The number of carbonyl (C=O) groups is 1. The smallest absolute Gasteiger partial charge is 0.282 e. The lowest BCUT2D eigenvalue weighted by Crippen LogP contribution is -2.44. The van der Waals surface area contributed by atoms with Gasteiger partial charge in [0.2, 0.25) is 0 Å². The van der Waals surface area contributed by atoms with Crippen LogP contribution < -0.4 is 10.9 Å². The summed E-state index contributed by atoms with van der Waals surface area (Å²) in [6.45, 7) is 4.73. The second-order valence-electron chi connectivity index (χ2n) is 8.28. The molecule has 0 aliphatic carbocycles. The summed E-state index contributed by atoms with van der Waals surface area (Å²) >= 11 is 0. The summed E-state index contributed by atoms with van der Waals surface area (Å²) < 4.78 is 1.16. The van der Waals surface area contributed by atoms with Gasteiger partial charge < -0.3 is 30.3 Å². The molecule has 0 bridgehead atoms. The maximum atomic E-state index is 13.2. The molecule has 0 aliphatic rings. The van der Waals surface area contributed by atoms with Gasteiger partial charge in [-0.2, -0.15) is 0 Å². The highest BCUT2D eigenvalue weighted by Crippen LogP contribution is 2.18. The van der Waals surface area contributed by atoms with Crippen LogP contribution in [0.2, 0.25) is 0 Å². The van der Waals surface area contributed by atoms with Gasteiger partial charge in [-0.1, -0.05) is 29.8 Å². The monoisotopic (exact) mass is 455 g/mol. The van der Waals surface area contributed by atoms with Crippen LogP contribution in [-0.4, -0.2) is 60.8 Å². The molecule has 0 spiro atoms. The molecular formula is C24H29N3O6. The first-order chi connectivity index (χ1) is 15.6. The fourth-order valence-electron chi connectivity index (χ4n) is 3.46. The summed E-state index contributed by atoms with van der Waals surface area (Å²) in [5.41, 5.74) is 3.39. The number of benzene rings is 2. The number of nitrogens with one attached hydrogen (secondary N) is 1. The van der Waals surface area contributed by atoms with E-state index in [4.69, 9.17) is 5.11 Å². The van der Waals surface area contributed by atoms with Crippen molar-refractivity contribution in [2.24, 2.45) is 0 Å². The molecule has 9 nitrogen and oxygen atoms in total. The summed E-state index contributed by atoms with van der Waals surface area (Å²) in [6, 6.07) is 11.0. The van der Waals surface area contributed by atoms with Crippen LogP contribution in [0.5, 0.6) is 0 Å². The first-order valence-electron chi connectivity index (χ1n) is 10.6. The lowest BCUT2D eigenvalue weighted by molar-refractivity contribution is -0.0805. The van der Waals surface area contributed by atoms with E-state index in [1.807, 2.05) is 45.0 Å². The quantitative estimate of drug-likeness (QED) is 0.329. The number of fused-ring (bicyclic) bond motifs is 1. The van der Waals surface area contributed by atoms with Gasteiger partial charge in [-0.05, 0) is 49.6 Å². The molecule has 2 aromatic carbocycles. The van der Waals surface area contributed by atoms with E-state index >= 15 is 0 Å². The third-order valence-corrected chi connectivity index (χ3v) is 5.70. The van der Waals surface area contributed by atoms with Crippen molar-refractivity contribution < 1.29 is 25.2 Å². The highest BCUT2D eigenvalue weighted by Gasteiger charge is 2.27. The van der Waals surface area contributed by atoms with E-state index in [1.165, 1.54) is 0 Å². The van der Waals surface area contributed by atoms with Crippen molar-refractivity contribution in [2.45, 2.75) is 52.2 Å². The Kier molecular flexibility index (Phi) is 7.60. The Labute approximate surface area is 191 Å². The Morgan fingerprint density at radius 3 is 2.30 bits per heavy atom. The van der Waals surface area contributed by atoms with Gasteiger partial charge in [0.15, 0.2) is 5.69 Å². The standard InChI is InChI=1S/C24H29N3O6/c1-13-4-6-16(7-5-13)10-25-23(32)21-24(33)27(11-19(29)22(31)20(30)12-28)18-9-15(3)14(2)8-17(18)26-21/h4-9,19-20,22,28-31H,10-12H2,1-3H3,(H,25,32)/t19-,20+,22-/m0/s1. The maximum Gasteiger partial charge on any atom is 0.282 e. The molecule has 0 unspecified atom stereocenters. The Hall–Kier alpha value is -3.11. The second-order valence-corrected chi connectivity index (χ2v) is 8.28. The highest BCUT2D eigenvalue weighted by atomic mass is 16.4. The predicted octanol–water partition coefficient (Wildman–Crippen LogP) is 0.327. The molecule has 0 radical (unpaired) electrons. The van der Waals surface area contributed by atoms with Crippen molar-refractivity contribution in [3.63, 3.8) is 0 Å². The van der Waals surface area contributed by atoms with Crippen molar-refractivity contribution in [3.05, 3.63) is 74.7 Å². The Morgan fingerprint density at radius 2 is 1.67 bits per heavy atom. The zero-order valence-corrected chi connectivity index (χ0v) is 18.8. The highest BCUT2D eigenvalue weighted by molar-refractivity contribution is 5.94. The van der Waals surface area contributed by atoms with Crippen molar-refractivity contribution in [1.29, 1.82) is 0 Å². The summed E-state index contributed by atoms with van der Waals surface area (Å²) in [5.74, 6) is -0.667. The molecule has 33 heavy (non-hydrogen) atoms. The molecule has 3 rings (SSSR count). The number of aryl methyl sites for hydroxylation is 3. The van der Waals surface area contributed by atoms with Crippen LogP contribution in [0.15, 0.2) is 41.2 Å². The van der Waals surface area contributed by atoms with Crippen LogP contribution in [0.4, 0.5) is 0 Å². The average Bonchev–Trinajstić information content (AvgIpc) is 2.80. The summed E-state index contributed by atoms with van der Waals surface area (Å²) in [7, 11) is 0. The first-order valence-corrected chi connectivity index (χ1v) is 10.6. The number of hydrogen-bond acceptors (Lipinski definition) is 7. The molecule has 0 fully saturated rings. The van der Waals surface area contributed by atoms with Crippen molar-refractivity contribution in [3.8, 4) is 0 Å². The van der Waals surface area contributed by atoms with Gasteiger partial charge in [0.05, 0.1) is 24.2 Å². The zero-order valence-electron chi connectivity index (χ0n) is 18.8. The molecule has 176 valence electrons. The number of carbonyl (C=O) groups excluding carboxylic acids is 1. The Bertz CT molecular complexity index is 1210. The summed E-state index contributed by atoms with van der Waals surface area (Å²) in [4.78, 5) is 30.4. The summed E-state index contributed by atoms with van der Waals surface area (Å²) in [6.07, 6.45) is -4.83. The number of rotatable bonds is 8. The van der Waals surface area contributed by atoms with Gasteiger partial charge in [0, 0.05) is 6.54 Å². The van der Waals surface area contributed by atoms with Crippen LogP contribution in [0, 0.1) is 20.8 Å². The molecule has 0 saturated heterocycles. The van der Waals surface area contributed by atoms with E-state index in [1.54, 1.807) is 12.1 Å². The fourth-order valence-corrected chi connectivity index (χ4v) is 3.46. The van der Waals surface area contributed by atoms with Crippen molar-refractivity contribution in [2.75, 3.05) is 6.61 Å². The molecule has 1 amide bonds. The normalized spacial score (nSPS) is 14.2. The van der Waals surface area contributed by atoms with Crippen LogP contribution in [-0.2, 0) is 13.1 Å². The van der Waals surface area contributed by atoms with Crippen molar-refractivity contribution >= 4 is 16.9 Å². The van der Waals surface area contributed by atoms with E-state index in [9.17, 15) is 24.9 Å². The van der Waals surface area contributed by atoms with Gasteiger partial charge in [-0.25, -0.2) is 4.98 Å². The lowest BCUT2D eigenvalue weighted by atomic mass is 10.1. The first kappa shape index (κ1) is 24.5. The van der Waals surface area contributed by atoms with Crippen molar-refractivity contribution in [1.82, 2.24) is 14.9 Å². The molecule has 3 aromatic rings. The van der Waals surface area contributed by atoms with E-state index in [0.29, 0.717) is 11.0 Å². The number of aliphatic hydroxyl groups is 4. The molecule has 3 atom stereocenters. The molecular weight excluding hydrogens is 426 g/mol. The van der Waals surface area contributed by atoms with Crippen LogP contribution in [0.25, 0.3) is 11.0 Å².